The van der Waals surface area contributed by atoms with Gasteiger partial charge in [-0.15, -0.1) is 0 Å². The summed E-state index contributed by atoms with van der Waals surface area (Å²) in [5.74, 6) is -1.25. The number of carbonyl (C=O) groups excluding carboxylic acids is 1. The van der Waals surface area contributed by atoms with Crippen molar-refractivity contribution in [3.05, 3.63) is 0 Å². The van der Waals surface area contributed by atoms with Crippen LogP contribution >= 0.6 is 0 Å². The molecule has 0 aromatic rings. The van der Waals surface area contributed by atoms with Gasteiger partial charge in [0.1, 0.15) is 13.2 Å². The second kappa shape index (κ2) is 13.3. The molecule has 0 atom stereocenters. The lowest BCUT2D eigenvalue weighted by Crippen LogP contribution is -2.14. The van der Waals surface area contributed by atoms with Gasteiger partial charge in [-0.05, 0) is 6.42 Å². The molecule has 0 saturated heterocycles. The van der Waals surface area contributed by atoms with Gasteiger partial charge < -0.3 is 14.6 Å². The number of carbonyl (C=O) groups is 2. The van der Waals surface area contributed by atoms with Crippen molar-refractivity contribution in [1.29, 1.82) is 0 Å². The van der Waals surface area contributed by atoms with E-state index in [1.54, 1.807) is 0 Å². The lowest BCUT2D eigenvalue weighted by Gasteiger charge is -2.05. The summed E-state index contributed by atoms with van der Waals surface area (Å²) in [7, 11) is 0. The number of ether oxygens (including phenoxy) is 2. The van der Waals surface area contributed by atoms with Crippen molar-refractivity contribution in [2.24, 2.45) is 0 Å². The zero-order chi connectivity index (χ0) is 14.3. The van der Waals surface area contributed by atoms with E-state index in [-0.39, 0.29) is 25.8 Å². The molecule has 0 aliphatic heterocycles. The van der Waals surface area contributed by atoms with E-state index in [2.05, 4.69) is 6.92 Å². The Morgan fingerprint density at radius 1 is 0.947 bits per heavy atom. The number of esters is 1. The van der Waals surface area contributed by atoms with Gasteiger partial charge in [0.15, 0.2) is 0 Å². The summed E-state index contributed by atoms with van der Waals surface area (Å²) in [5.41, 5.74) is 0. The number of aliphatic carboxylic acids is 1. The van der Waals surface area contributed by atoms with Crippen LogP contribution in [0.4, 0.5) is 0 Å². The van der Waals surface area contributed by atoms with Gasteiger partial charge >= 0.3 is 11.9 Å². The number of carboxylic acid groups (broad SMARTS) is 1. The third-order valence-corrected chi connectivity index (χ3v) is 2.70. The van der Waals surface area contributed by atoms with Crippen molar-refractivity contribution in [2.75, 3.05) is 19.8 Å². The number of unbranched alkanes of at least 4 members (excludes halogenated alkanes) is 6. The summed E-state index contributed by atoms with van der Waals surface area (Å²) in [5, 5.41) is 8.31. The average Bonchev–Trinajstić information content (AvgIpc) is 2.37. The third-order valence-electron chi connectivity index (χ3n) is 2.70. The summed E-state index contributed by atoms with van der Waals surface area (Å²) in [6.07, 6.45) is 8.60. The first-order valence-corrected chi connectivity index (χ1v) is 7.12. The minimum atomic E-state index is -1.02. The first-order valence-electron chi connectivity index (χ1n) is 7.12. The van der Waals surface area contributed by atoms with Crippen LogP contribution in [0, 0.1) is 0 Å². The molecule has 0 aliphatic carbocycles. The molecule has 0 aromatic carbocycles. The number of carboxylic acids is 1. The quantitative estimate of drug-likeness (QED) is 0.413. The molecular formula is C14H26O5. The molecule has 0 fully saturated rings. The van der Waals surface area contributed by atoms with Gasteiger partial charge in [0.05, 0.1) is 6.61 Å². The molecule has 0 saturated carbocycles. The highest BCUT2D eigenvalue weighted by Gasteiger charge is 2.03. The predicted molar refractivity (Wildman–Crippen MR) is 72.0 cm³/mol. The van der Waals surface area contributed by atoms with E-state index < -0.39 is 5.97 Å². The molecule has 112 valence electrons. The predicted octanol–water partition coefficient (Wildman–Crippen LogP) is 2.77. The Morgan fingerprint density at radius 2 is 1.58 bits per heavy atom. The minimum Gasteiger partial charge on any atom is -0.480 e. The van der Waals surface area contributed by atoms with Crippen LogP contribution in [-0.2, 0) is 19.1 Å². The monoisotopic (exact) mass is 274 g/mol. The van der Waals surface area contributed by atoms with E-state index in [4.69, 9.17) is 14.6 Å². The molecule has 19 heavy (non-hydrogen) atoms. The van der Waals surface area contributed by atoms with E-state index in [9.17, 15) is 9.59 Å². The van der Waals surface area contributed by atoms with E-state index in [1.807, 2.05) is 0 Å². The Labute approximate surface area is 115 Å². The van der Waals surface area contributed by atoms with Gasteiger partial charge in [-0.1, -0.05) is 45.4 Å². The maximum atomic E-state index is 11.3. The summed E-state index contributed by atoms with van der Waals surface area (Å²) in [4.78, 5) is 21.4. The lowest BCUT2D eigenvalue weighted by molar-refractivity contribution is -0.147. The van der Waals surface area contributed by atoms with Gasteiger partial charge in [0.25, 0.3) is 0 Å². The molecular weight excluding hydrogens is 248 g/mol. The molecule has 0 aliphatic rings. The molecule has 0 unspecified atom stereocenters. The standard InChI is InChI=1S/C14H26O5/c1-2-3-4-5-6-7-8-9-14(17)19-11-10-18-12-13(15)16/h2-12H2,1H3,(H,15,16). The number of hydrogen-bond acceptors (Lipinski definition) is 4. The van der Waals surface area contributed by atoms with Crippen molar-refractivity contribution in [3.8, 4) is 0 Å². The summed E-state index contributed by atoms with van der Waals surface area (Å²) < 4.78 is 9.66. The third kappa shape index (κ3) is 14.8. The van der Waals surface area contributed by atoms with Crippen molar-refractivity contribution in [1.82, 2.24) is 0 Å². The Balaban J connectivity index is 3.19. The van der Waals surface area contributed by atoms with E-state index >= 15 is 0 Å². The Hall–Kier alpha value is -1.10. The van der Waals surface area contributed by atoms with Crippen LogP contribution in [0.1, 0.15) is 58.3 Å². The molecule has 0 spiro atoms. The SMILES string of the molecule is CCCCCCCCCC(=O)OCCOCC(=O)O. The second-order valence-electron chi connectivity index (χ2n) is 4.54. The van der Waals surface area contributed by atoms with Crippen LogP contribution in [0.25, 0.3) is 0 Å². The Bertz CT molecular complexity index is 240. The molecule has 0 radical (unpaired) electrons. The normalized spacial score (nSPS) is 10.4. The fourth-order valence-electron chi connectivity index (χ4n) is 1.67. The molecule has 0 heterocycles. The summed E-state index contributed by atoms with van der Waals surface area (Å²) in [6.45, 7) is 2.10. The molecule has 1 N–H and O–H groups in total. The summed E-state index contributed by atoms with van der Waals surface area (Å²) >= 11 is 0. The first kappa shape index (κ1) is 17.9. The van der Waals surface area contributed by atoms with Crippen LogP contribution in [0.3, 0.4) is 0 Å². The van der Waals surface area contributed by atoms with E-state index in [1.165, 1.54) is 32.1 Å². The van der Waals surface area contributed by atoms with Gasteiger partial charge in [0.2, 0.25) is 0 Å². The van der Waals surface area contributed by atoms with E-state index in [0.29, 0.717) is 6.42 Å². The molecule has 0 bridgehead atoms. The Morgan fingerprint density at radius 3 is 2.21 bits per heavy atom. The zero-order valence-corrected chi connectivity index (χ0v) is 11.9. The van der Waals surface area contributed by atoms with Crippen molar-refractivity contribution in [3.63, 3.8) is 0 Å². The van der Waals surface area contributed by atoms with Gasteiger partial charge in [-0.2, -0.15) is 0 Å². The van der Waals surface area contributed by atoms with Crippen LogP contribution in [0.15, 0.2) is 0 Å². The van der Waals surface area contributed by atoms with Crippen LogP contribution < -0.4 is 0 Å². The first-order chi connectivity index (χ1) is 9.16. The van der Waals surface area contributed by atoms with Crippen molar-refractivity contribution in [2.45, 2.75) is 58.3 Å². The molecule has 0 aromatic heterocycles. The van der Waals surface area contributed by atoms with Gasteiger partial charge in [-0.25, -0.2) is 4.79 Å². The maximum Gasteiger partial charge on any atom is 0.329 e. The Kier molecular flexibility index (Phi) is 12.6. The van der Waals surface area contributed by atoms with Crippen molar-refractivity contribution < 1.29 is 24.2 Å². The average molecular weight is 274 g/mol. The van der Waals surface area contributed by atoms with Crippen LogP contribution in [0.5, 0.6) is 0 Å². The molecule has 5 heteroatoms. The highest BCUT2D eigenvalue weighted by molar-refractivity contribution is 5.69. The number of hydrogen-bond donors (Lipinski definition) is 1. The van der Waals surface area contributed by atoms with Crippen LogP contribution in [0.2, 0.25) is 0 Å². The highest BCUT2D eigenvalue weighted by Crippen LogP contribution is 2.08. The number of rotatable bonds is 13. The lowest BCUT2D eigenvalue weighted by atomic mass is 10.1. The molecule has 0 amide bonds. The smallest absolute Gasteiger partial charge is 0.329 e. The molecule has 0 rings (SSSR count). The fourth-order valence-corrected chi connectivity index (χ4v) is 1.67. The maximum absolute atomic E-state index is 11.3. The van der Waals surface area contributed by atoms with Gasteiger partial charge in [-0.3, -0.25) is 4.79 Å². The second-order valence-corrected chi connectivity index (χ2v) is 4.54. The molecule has 5 nitrogen and oxygen atoms in total. The zero-order valence-electron chi connectivity index (χ0n) is 11.9. The fraction of sp³-hybridized carbons (Fsp3) is 0.857. The van der Waals surface area contributed by atoms with E-state index in [0.717, 1.165) is 12.8 Å². The highest BCUT2D eigenvalue weighted by atomic mass is 16.6. The minimum absolute atomic E-state index is 0.128. The van der Waals surface area contributed by atoms with Gasteiger partial charge in [0, 0.05) is 6.42 Å². The largest absolute Gasteiger partial charge is 0.480 e. The van der Waals surface area contributed by atoms with Crippen LogP contribution in [-0.4, -0.2) is 36.9 Å². The van der Waals surface area contributed by atoms with Crippen molar-refractivity contribution >= 4 is 11.9 Å². The topological polar surface area (TPSA) is 72.8 Å². The summed E-state index contributed by atoms with van der Waals surface area (Å²) in [6, 6.07) is 0.